The number of aromatic nitrogens is 1. The van der Waals surface area contributed by atoms with Crippen molar-refractivity contribution >= 4 is 38.3 Å². The van der Waals surface area contributed by atoms with Crippen molar-refractivity contribution in [3.05, 3.63) is 88.2 Å². The van der Waals surface area contributed by atoms with Crippen molar-refractivity contribution in [1.29, 1.82) is 0 Å². The monoisotopic (exact) mass is 478 g/mol. The van der Waals surface area contributed by atoms with E-state index in [4.69, 9.17) is 4.74 Å². The fourth-order valence-corrected chi connectivity index (χ4v) is 4.29. The minimum atomic E-state index is -0.247. The van der Waals surface area contributed by atoms with Crippen LogP contribution in [0.3, 0.4) is 0 Å². The summed E-state index contributed by atoms with van der Waals surface area (Å²) in [6.45, 7) is 1.92. The number of halogens is 1. The Morgan fingerprint density at radius 2 is 1.70 bits per heavy atom. The van der Waals surface area contributed by atoms with Gasteiger partial charge in [0, 0.05) is 10.9 Å². The van der Waals surface area contributed by atoms with Gasteiger partial charge in [0.15, 0.2) is 11.7 Å². The molecular weight excluding hydrogens is 460 g/mol. The van der Waals surface area contributed by atoms with Gasteiger partial charge < -0.3 is 4.74 Å². The molecule has 0 unspecified atom stereocenters. The number of anilines is 1. The highest BCUT2D eigenvalue weighted by atomic mass is 79.9. The Balaban J connectivity index is 1.37. The van der Waals surface area contributed by atoms with Crippen molar-refractivity contribution < 1.29 is 9.53 Å². The highest BCUT2D eigenvalue weighted by molar-refractivity contribution is 9.10. The normalized spacial score (nSPS) is 10.6. The molecule has 1 N–H and O–H groups in total. The van der Waals surface area contributed by atoms with Gasteiger partial charge in [-0.1, -0.05) is 60.7 Å². The zero-order valence-corrected chi connectivity index (χ0v) is 18.7. The van der Waals surface area contributed by atoms with Gasteiger partial charge in [-0.3, -0.25) is 10.1 Å². The standard InChI is InChI=1S/C24H19BrN2O2S/c1-16-7-12-22(20(25)13-16)29-14-23(28)27-24-26-21(15-30-24)19-10-8-18(9-11-19)17-5-3-2-4-6-17/h2-13,15H,14H2,1H3,(H,26,27,28). The number of carbonyl (C=O) groups excluding carboxylic acids is 1. The fraction of sp³-hybridized carbons (Fsp3) is 0.0833. The Bertz CT molecular complexity index is 1160. The number of hydrogen-bond donors (Lipinski definition) is 1. The van der Waals surface area contributed by atoms with Gasteiger partial charge in [-0.2, -0.15) is 0 Å². The van der Waals surface area contributed by atoms with Gasteiger partial charge in [-0.05, 0) is 51.7 Å². The molecule has 4 nitrogen and oxygen atoms in total. The SMILES string of the molecule is Cc1ccc(OCC(=O)Nc2nc(-c3ccc(-c4ccccc4)cc3)cs2)c(Br)c1. The van der Waals surface area contributed by atoms with Gasteiger partial charge in [0.1, 0.15) is 5.75 Å². The molecule has 1 heterocycles. The third kappa shape index (κ3) is 4.96. The molecule has 0 fully saturated rings. The molecule has 1 aromatic heterocycles. The number of thiazole rings is 1. The number of benzene rings is 3. The first-order valence-electron chi connectivity index (χ1n) is 9.39. The van der Waals surface area contributed by atoms with Gasteiger partial charge in [0.05, 0.1) is 10.2 Å². The maximum atomic E-state index is 12.2. The van der Waals surface area contributed by atoms with E-state index in [-0.39, 0.29) is 12.5 Å². The minimum Gasteiger partial charge on any atom is -0.483 e. The van der Waals surface area contributed by atoms with Crippen LogP contribution in [0.1, 0.15) is 5.56 Å². The third-order valence-corrected chi connectivity index (χ3v) is 5.86. The maximum absolute atomic E-state index is 12.2. The second-order valence-electron chi connectivity index (χ2n) is 6.75. The van der Waals surface area contributed by atoms with Crippen molar-refractivity contribution in [3.8, 4) is 28.1 Å². The van der Waals surface area contributed by atoms with Crippen LogP contribution in [0.2, 0.25) is 0 Å². The van der Waals surface area contributed by atoms with E-state index in [0.717, 1.165) is 26.9 Å². The van der Waals surface area contributed by atoms with E-state index in [1.54, 1.807) is 0 Å². The molecule has 4 rings (SSSR count). The summed E-state index contributed by atoms with van der Waals surface area (Å²) in [7, 11) is 0. The zero-order chi connectivity index (χ0) is 20.9. The van der Waals surface area contributed by atoms with Crippen molar-refractivity contribution in [2.45, 2.75) is 6.92 Å². The van der Waals surface area contributed by atoms with E-state index in [1.165, 1.54) is 16.9 Å². The second-order valence-corrected chi connectivity index (χ2v) is 8.46. The first-order valence-corrected chi connectivity index (χ1v) is 11.1. The van der Waals surface area contributed by atoms with Gasteiger partial charge in [0.25, 0.3) is 5.91 Å². The molecule has 3 aromatic carbocycles. The lowest BCUT2D eigenvalue weighted by Crippen LogP contribution is -2.20. The van der Waals surface area contributed by atoms with Gasteiger partial charge in [0.2, 0.25) is 0 Å². The molecule has 0 aliphatic carbocycles. The van der Waals surface area contributed by atoms with Crippen LogP contribution in [0, 0.1) is 6.92 Å². The third-order valence-electron chi connectivity index (χ3n) is 4.48. The molecular formula is C24H19BrN2O2S. The van der Waals surface area contributed by atoms with E-state index in [1.807, 2.05) is 60.8 Å². The van der Waals surface area contributed by atoms with Crippen LogP contribution < -0.4 is 10.1 Å². The minimum absolute atomic E-state index is 0.0810. The molecule has 0 aliphatic heterocycles. The van der Waals surface area contributed by atoms with Crippen LogP contribution >= 0.6 is 27.3 Å². The van der Waals surface area contributed by atoms with Crippen LogP contribution in [0.4, 0.5) is 5.13 Å². The van der Waals surface area contributed by atoms with Crippen molar-refractivity contribution in [3.63, 3.8) is 0 Å². The molecule has 0 radical (unpaired) electrons. The number of aryl methyl sites for hydroxylation is 1. The van der Waals surface area contributed by atoms with Crippen LogP contribution in [0.5, 0.6) is 5.75 Å². The topological polar surface area (TPSA) is 51.2 Å². The van der Waals surface area contributed by atoms with E-state index in [9.17, 15) is 4.79 Å². The number of amides is 1. The largest absolute Gasteiger partial charge is 0.483 e. The van der Waals surface area contributed by atoms with Crippen molar-refractivity contribution in [2.75, 3.05) is 11.9 Å². The van der Waals surface area contributed by atoms with Crippen LogP contribution in [0.25, 0.3) is 22.4 Å². The van der Waals surface area contributed by atoms with Crippen LogP contribution in [-0.4, -0.2) is 17.5 Å². The van der Waals surface area contributed by atoms with E-state index in [0.29, 0.717) is 10.9 Å². The van der Waals surface area contributed by atoms with Crippen LogP contribution in [-0.2, 0) is 4.79 Å². The van der Waals surface area contributed by atoms with Gasteiger partial charge >= 0.3 is 0 Å². The Kier molecular flexibility index (Phi) is 6.26. The highest BCUT2D eigenvalue weighted by Gasteiger charge is 2.10. The molecule has 0 aliphatic rings. The number of hydrogen-bond acceptors (Lipinski definition) is 4. The number of rotatable bonds is 6. The summed E-state index contributed by atoms with van der Waals surface area (Å²) >= 11 is 4.84. The van der Waals surface area contributed by atoms with E-state index in [2.05, 4.69) is 50.5 Å². The molecule has 0 saturated heterocycles. The van der Waals surface area contributed by atoms with Crippen LogP contribution in [0.15, 0.2) is 82.6 Å². The van der Waals surface area contributed by atoms with E-state index < -0.39 is 0 Å². The highest BCUT2D eigenvalue weighted by Crippen LogP contribution is 2.28. The summed E-state index contributed by atoms with van der Waals surface area (Å²) in [6, 6.07) is 24.2. The first kappa shape index (κ1) is 20.3. The second kappa shape index (κ2) is 9.24. The van der Waals surface area contributed by atoms with E-state index >= 15 is 0 Å². The zero-order valence-electron chi connectivity index (χ0n) is 16.3. The summed E-state index contributed by atoms with van der Waals surface area (Å²) in [5, 5.41) is 5.28. The predicted molar refractivity (Wildman–Crippen MR) is 126 cm³/mol. The Labute approximate surface area is 187 Å². The average Bonchev–Trinajstić information content (AvgIpc) is 3.22. The molecule has 0 bridgehead atoms. The quantitative estimate of drug-likeness (QED) is 0.341. The van der Waals surface area contributed by atoms with Crippen molar-refractivity contribution in [1.82, 2.24) is 4.98 Å². The number of nitrogens with zero attached hydrogens (tertiary/aromatic N) is 1. The molecule has 30 heavy (non-hydrogen) atoms. The molecule has 6 heteroatoms. The molecule has 1 amide bonds. The number of nitrogens with one attached hydrogen (secondary N) is 1. The molecule has 0 saturated carbocycles. The molecule has 0 spiro atoms. The Hall–Kier alpha value is -2.96. The molecule has 150 valence electrons. The molecule has 0 atom stereocenters. The smallest absolute Gasteiger partial charge is 0.264 e. The first-order chi connectivity index (χ1) is 14.6. The lowest BCUT2D eigenvalue weighted by atomic mass is 10.0. The summed E-state index contributed by atoms with van der Waals surface area (Å²) < 4.78 is 6.42. The summed E-state index contributed by atoms with van der Waals surface area (Å²) in [4.78, 5) is 16.8. The number of ether oxygens (including phenoxy) is 1. The number of carbonyl (C=O) groups is 1. The summed E-state index contributed by atoms with van der Waals surface area (Å²) in [6.07, 6.45) is 0. The fourth-order valence-electron chi connectivity index (χ4n) is 2.95. The maximum Gasteiger partial charge on any atom is 0.264 e. The summed E-state index contributed by atoms with van der Waals surface area (Å²) in [5.41, 5.74) is 5.28. The van der Waals surface area contributed by atoms with Gasteiger partial charge in [-0.25, -0.2) is 4.98 Å². The van der Waals surface area contributed by atoms with Gasteiger partial charge in [-0.15, -0.1) is 11.3 Å². The predicted octanol–water partition coefficient (Wildman–Crippen LogP) is 6.57. The lowest BCUT2D eigenvalue weighted by molar-refractivity contribution is -0.118. The Morgan fingerprint density at radius 3 is 2.43 bits per heavy atom. The summed E-state index contributed by atoms with van der Waals surface area (Å²) in [5.74, 6) is 0.386. The molecule has 4 aromatic rings. The van der Waals surface area contributed by atoms with Crippen molar-refractivity contribution in [2.24, 2.45) is 0 Å². The average molecular weight is 479 g/mol. The Morgan fingerprint density at radius 1 is 1.00 bits per heavy atom. The lowest BCUT2D eigenvalue weighted by Gasteiger charge is -2.08.